The predicted octanol–water partition coefficient (Wildman–Crippen LogP) is 2.79. The van der Waals surface area contributed by atoms with Gasteiger partial charge in [0.05, 0.1) is 10.6 Å². The average Bonchev–Trinajstić information content (AvgIpc) is 3.28. The van der Waals surface area contributed by atoms with Crippen LogP contribution >= 0.6 is 0 Å². The molecule has 138 valence electrons. The fourth-order valence-electron chi connectivity index (χ4n) is 3.35. The number of anilines is 2. The number of nitrogens with zero attached hydrogens (tertiary/aromatic N) is 3. The lowest BCUT2D eigenvalue weighted by Gasteiger charge is -2.12. The fourth-order valence-corrected chi connectivity index (χ4v) is 4.55. The maximum Gasteiger partial charge on any atom is 0.264 e. The Morgan fingerprint density at radius 1 is 0.964 bits per heavy atom. The molecule has 8 nitrogen and oxygen atoms in total. The van der Waals surface area contributed by atoms with Crippen molar-refractivity contribution in [3.05, 3.63) is 72.6 Å². The van der Waals surface area contributed by atoms with E-state index >= 15 is 0 Å². The Morgan fingerprint density at radius 2 is 1.79 bits per heavy atom. The Morgan fingerprint density at radius 3 is 2.61 bits per heavy atom. The van der Waals surface area contributed by atoms with E-state index in [9.17, 15) is 13.2 Å². The second kappa shape index (κ2) is 5.89. The highest BCUT2D eigenvalue weighted by molar-refractivity contribution is 7.93. The molecule has 4 aromatic rings. The third-order valence-electron chi connectivity index (χ3n) is 4.59. The van der Waals surface area contributed by atoms with Crippen LogP contribution in [0.1, 0.15) is 10.4 Å². The number of aromatic nitrogens is 3. The Labute approximate surface area is 159 Å². The van der Waals surface area contributed by atoms with Crippen molar-refractivity contribution in [1.29, 1.82) is 0 Å². The first-order valence-corrected chi connectivity index (χ1v) is 9.88. The van der Waals surface area contributed by atoms with E-state index in [0.717, 1.165) is 5.69 Å². The quantitative estimate of drug-likeness (QED) is 0.556. The summed E-state index contributed by atoms with van der Waals surface area (Å²) in [5.41, 5.74) is 1.78. The lowest BCUT2D eigenvalue weighted by atomic mass is 10.1. The first-order valence-electron chi connectivity index (χ1n) is 8.40. The van der Waals surface area contributed by atoms with Gasteiger partial charge in [-0.25, -0.2) is 13.1 Å². The van der Waals surface area contributed by atoms with Gasteiger partial charge in [-0.2, -0.15) is 0 Å². The molecule has 1 aromatic heterocycles. The van der Waals surface area contributed by atoms with Gasteiger partial charge >= 0.3 is 0 Å². The van der Waals surface area contributed by atoms with E-state index in [4.69, 9.17) is 0 Å². The number of rotatable bonds is 4. The number of sulfonamides is 1. The Hall–Kier alpha value is -3.72. The van der Waals surface area contributed by atoms with Crippen molar-refractivity contribution < 1.29 is 13.2 Å². The molecule has 1 amide bonds. The molecule has 0 atom stereocenters. The van der Waals surface area contributed by atoms with Gasteiger partial charge in [0.2, 0.25) is 5.95 Å². The van der Waals surface area contributed by atoms with E-state index in [0.29, 0.717) is 22.0 Å². The molecule has 9 heteroatoms. The number of carbonyl (C=O) groups excluding carboxylic acids is 1. The van der Waals surface area contributed by atoms with Crippen LogP contribution in [0.15, 0.2) is 71.9 Å². The van der Waals surface area contributed by atoms with E-state index in [2.05, 4.69) is 20.2 Å². The SMILES string of the molecule is O=C1Nc2ccc(S(=O)(=O)Nc3nncn3-c3ccccc3)c3cccc1c23. The van der Waals surface area contributed by atoms with Gasteiger partial charge in [0, 0.05) is 22.0 Å². The lowest BCUT2D eigenvalue weighted by molar-refractivity contribution is 0.103. The number of benzene rings is 3. The van der Waals surface area contributed by atoms with Crippen molar-refractivity contribution in [1.82, 2.24) is 14.8 Å². The van der Waals surface area contributed by atoms with Crippen LogP contribution < -0.4 is 10.0 Å². The molecule has 0 spiro atoms. The van der Waals surface area contributed by atoms with Crippen LogP contribution in [0.4, 0.5) is 11.6 Å². The molecule has 1 aliphatic heterocycles. The van der Waals surface area contributed by atoms with Crippen molar-refractivity contribution in [2.24, 2.45) is 0 Å². The second-order valence-electron chi connectivity index (χ2n) is 6.26. The molecule has 3 aromatic carbocycles. The molecule has 0 unspecified atom stereocenters. The highest BCUT2D eigenvalue weighted by Gasteiger charge is 2.27. The summed E-state index contributed by atoms with van der Waals surface area (Å²) in [6.45, 7) is 0. The predicted molar refractivity (Wildman–Crippen MR) is 104 cm³/mol. The number of nitrogens with one attached hydrogen (secondary N) is 2. The zero-order valence-electron chi connectivity index (χ0n) is 14.3. The molecular weight excluding hydrogens is 378 g/mol. The molecule has 0 aliphatic carbocycles. The fraction of sp³-hybridized carbons (Fsp3) is 0. The molecule has 2 heterocycles. The molecule has 28 heavy (non-hydrogen) atoms. The van der Waals surface area contributed by atoms with Gasteiger partial charge in [-0.3, -0.25) is 9.36 Å². The maximum atomic E-state index is 13.1. The molecule has 0 saturated carbocycles. The van der Waals surface area contributed by atoms with Crippen molar-refractivity contribution >= 4 is 38.3 Å². The van der Waals surface area contributed by atoms with E-state index in [1.807, 2.05) is 30.3 Å². The monoisotopic (exact) mass is 391 g/mol. The van der Waals surface area contributed by atoms with Crippen LogP contribution in [0.5, 0.6) is 0 Å². The second-order valence-corrected chi connectivity index (χ2v) is 7.91. The summed E-state index contributed by atoms with van der Waals surface area (Å²) in [6, 6.07) is 17.2. The van der Waals surface area contributed by atoms with E-state index in [1.165, 1.54) is 12.4 Å². The normalized spacial score (nSPS) is 12.9. The number of para-hydroxylation sites is 1. The molecule has 0 fully saturated rings. The van der Waals surface area contributed by atoms with Crippen molar-refractivity contribution in [2.45, 2.75) is 4.90 Å². The number of amides is 1. The summed E-state index contributed by atoms with van der Waals surface area (Å²) < 4.78 is 30.3. The molecule has 1 aliphatic rings. The minimum absolute atomic E-state index is 0.0622. The third kappa shape index (κ3) is 2.44. The van der Waals surface area contributed by atoms with Gasteiger partial charge in [0.1, 0.15) is 6.33 Å². The summed E-state index contributed by atoms with van der Waals surface area (Å²) in [6.07, 6.45) is 1.43. The average molecular weight is 391 g/mol. The molecule has 0 saturated heterocycles. The molecule has 5 rings (SSSR count). The molecule has 0 radical (unpaired) electrons. The van der Waals surface area contributed by atoms with Crippen LogP contribution in [-0.2, 0) is 10.0 Å². The first-order chi connectivity index (χ1) is 13.5. The number of hydrogen-bond acceptors (Lipinski definition) is 5. The summed E-state index contributed by atoms with van der Waals surface area (Å²) in [5.74, 6) is -0.171. The van der Waals surface area contributed by atoms with Crippen LogP contribution in [-0.4, -0.2) is 29.1 Å². The minimum atomic E-state index is -3.98. The Kier molecular flexibility index (Phi) is 3.46. The third-order valence-corrected chi connectivity index (χ3v) is 5.98. The maximum absolute atomic E-state index is 13.1. The Balaban J connectivity index is 1.62. The van der Waals surface area contributed by atoms with Crippen molar-refractivity contribution in [2.75, 3.05) is 10.0 Å². The summed E-state index contributed by atoms with van der Waals surface area (Å²) in [5, 5.41) is 11.5. The molecule has 0 bridgehead atoms. The minimum Gasteiger partial charge on any atom is -0.321 e. The zero-order chi connectivity index (χ0) is 19.3. The Bertz CT molecular complexity index is 1350. The van der Waals surface area contributed by atoms with Crippen LogP contribution in [0.3, 0.4) is 0 Å². The van der Waals surface area contributed by atoms with Crippen LogP contribution in [0.2, 0.25) is 0 Å². The lowest BCUT2D eigenvalue weighted by Crippen LogP contribution is -2.16. The van der Waals surface area contributed by atoms with Gasteiger partial charge < -0.3 is 5.32 Å². The summed E-state index contributed by atoms with van der Waals surface area (Å²) in [7, 11) is -3.98. The van der Waals surface area contributed by atoms with Crippen molar-refractivity contribution in [3.63, 3.8) is 0 Å². The summed E-state index contributed by atoms with van der Waals surface area (Å²) in [4.78, 5) is 12.1. The van der Waals surface area contributed by atoms with Gasteiger partial charge in [0.15, 0.2) is 0 Å². The highest BCUT2D eigenvalue weighted by Crippen LogP contribution is 2.36. The number of carbonyl (C=O) groups is 1. The van der Waals surface area contributed by atoms with E-state index in [1.54, 1.807) is 28.8 Å². The smallest absolute Gasteiger partial charge is 0.264 e. The topological polar surface area (TPSA) is 106 Å². The first kappa shape index (κ1) is 16.5. The van der Waals surface area contributed by atoms with E-state index < -0.39 is 10.0 Å². The van der Waals surface area contributed by atoms with Crippen molar-refractivity contribution in [3.8, 4) is 5.69 Å². The summed E-state index contributed by atoms with van der Waals surface area (Å²) >= 11 is 0. The highest BCUT2D eigenvalue weighted by atomic mass is 32.2. The van der Waals surface area contributed by atoms with Gasteiger partial charge in [-0.05, 0) is 30.3 Å². The van der Waals surface area contributed by atoms with Gasteiger partial charge in [-0.15, -0.1) is 10.2 Å². The number of hydrogen-bond donors (Lipinski definition) is 2. The largest absolute Gasteiger partial charge is 0.321 e. The van der Waals surface area contributed by atoms with Crippen LogP contribution in [0.25, 0.3) is 16.5 Å². The zero-order valence-corrected chi connectivity index (χ0v) is 15.1. The molecule has 2 N–H and O–H groups in total. The van der Waals surface area contributed by atoms with E-state index in [-0.39, 0.29) is 16.8 Å². The van der Waals surface area contributed by atoms with Gasteiger partial charge in [-0.1, -0.05) is 30.3 Å². The molecular formula is C19H13N5O3S. The standard InChI is InChI=1S/C19H13N5O3S/c25-18-14-8-4-7-13-16(10-9-15(21-18)17(13)14)28(26,27)23-19-22-20-11-24(19)12-5-2-1-3-6-12/h1-11H,(H,21,25)(H,22,23). The van der Waals surface area contributed by atoms with Crippen LogP contribution in [0, 0.1) is 0 Å². The van der Waals surface area contributed by atoms with Gasteiger partial charge in [0.25, 0.3) is 15.9 Å².